The topological polar surface area (TPSA) is 99.8 Å². The number of nitrogens with zero attached hydrogens (tertiary/aromatic N) is 2. The van der Waals surface area contributed by atoms with E-state index in [1.807, 2.05) is 37.3 Å². The smallest absolute Gasteiger partial charge is 0.269 e. The van der Waals surface area contributed by atoms with Gasteiger partial charge < -0.3 is 15.7 Å². The predicted molar refractivity (Wildman–Crippen MR) is 113 cm³/mol. The van der Waals surface area contributed by atoms with Crippen LogP contribution in [0.2, 0.25) is 0 Å². The third-order valence-electron chi connectivity index (χ3n) is 4.12. The minimum Gasteiger partial charge on any atom is -0.386 e. The van der Waals surface area contributed by atoms with Crippen molar-refractivity contribution in [3.8, 4) is 0 Å². The lowest BCUT2D eigenvalue weighted by molar-refractivity contribution is -0.384. The van der Waals surface area contributed by atoms with E-state index in [9.17, 15) is 15.2 Å². The van der Waals surface area contributed by atoms with E-state index in [1.165, 1.54) is 12.1 Å². The molecule has 0 amide bonds. The van der Waals surface area contributed by atoms with Crippen LogP contribution >= 0.6 is 11.3 Å². The molecule has 0 aliphatic heterocycles. The first-order valence-corrected chi connectivity index (χ1v) is 9.80. The fourth-order valence-corrected chi connectivity index (χ4v) is 3.79. The first kappa shape index (κ1) is 19.8. The highest BCUT2D eigenvalue weighted by atomic mass is 32.1. The number of nitro groups is 1. The van der Waals surface area contributed by atoms with Crippen molar-refractivity contribution in [2.24, 2.45) is 4.99 Å². The summed E-state index contributed by atoms with van der Waals surface area (Å²) in [4.78, 5) is 15.8. The molecule has 0 fully saturated rings. The molecule has 1 atom stereocenters. The van der Waals surface area contributed by atoms with Crippen LogP contribution < -0.4 is 10.6 Å². The zero-order valence-corrected chi connectivity index (χ0v) is 16.3. The number of aliphatic hydroxyl groups excluding tert-OH is 1. The summed E-state index contributed by atoms with van der Waals surface area (Å²) in [5, 5.41) is 28.8. The predicted octanol–water partition coefficient (Wildman–Crippen LogP) is 3.60. The standard InChI is InChI=1S/C20H22N4O3S/c1-2-21-20(22-12-14-6-5-8-16(10-14)24(26)27)23-13-17(25)19-11-15-7-3-4-9-18(15)28-19/h3-11,17,25H,2,12-13H2,1H3,(H2,21,22,23). The van der Waals surface area contributed by atoms with E-state index in [1.54, 1.807) is 23.5 Å². The Balaban J connectivity index is 1.64. The molecule has 1 aromatic heterocycles. The van der Waals surface area contributed by atoms with Crippen LogP contribution in [-0.2, 0) is 6.54 Å². The maximum atomic E-state index is 10.9. The second-order valence-corrected chi connectivity index (χ2v) is 7.32. The summed E-state index contributed by atoms with van der Waals surface area (Å²) in [6.45, 7) is 3.23. The summed E-state index contributed by atoms with van der Waals surface area (Å²) in [5.74, 6) is 0.550. The Morgan fingerprint density at radius 2 is 2.04 bits per heavy atom. The largest absolute Gasteiger partial charge is 0.386 e. The lowest BCUT2D eigenvalue weighted by atomic mass is 10.2. The Hall–Kier alpha value is -2.97. The summed E-state index contributed by atoms with van der Waals surface area (Å²) >= 11 is 1.57. The monoisotopic (exact) mass is 398 g/mol. The van der Waals surface area contributed by atoms with Gasteiger partial charge in [0.05, 0.1) is 11.5 Å². The Kier molecular flexibility index (Phi) is 6.57. The number of non-ortho nitro benzene ring substituents is 1. The normalized spacial score (nSPS) is 12.7. The van der Waals surface area contributed by atoms with Gasteiger partial charge in [-0.2, -0.15) is 0 Å². The number of hydrogen-bond donors (Lipinski definition) is 3. The maximum absolute atomic E-state index is 10.9. The minimum atomic E-state index is -0.654. The van der Waals surface area contributed by atoms with Crippen molar-refractivity contribution in [1.29, 1.82) is 0 Å². The van der Waals surface area contributed by atoms with Crippen LogP contribution in [0.1, 0.15) is 23.5 Å². The molecule has 0 aliphatic carbocycles. The van der Waals surface area contributed by atoms with Crippen molar-refractivity contribution in [2.75, 3.05) is 13.1 Å². The molecule has 0 bridgehead atoms. The molecule has 0 aliphatic rings. The van der Waals surface area contributed by atoms with Crippen molar-refractivity contribution < 1.29 is 10.0 Å². The van der Waals surface area contributed by atoms with Crippen molar-refractivity contribution >= 4 is 33.1 Å². The molecule has 0 saturated carbocycles. The number of nitrogens with one attached hydrogen (secondary N) is 2. The van der Waals surface area contributed by atoms with Gasteiger partial charge in [0.1, 0.15) is 6.10 Å². The average molecular weight is 398 g/mol. The van der Waals surface area contributed by atoms with E-state index in [2.05, 4.69) is 15.6 Å². The summed E-state index contributed by atoms with van der Waals surface area (Å²) in [5.41, 5.74) is 0.794. The highest BCUT2D eigenvalue weighted by Crippen LogP contribution is 2.29. The van der Waals surface area contributed by atoms with Gasteiger partial charge in [0.15, 0.2) is 5.96 Å². The van der Waals surface area contributed by atoms with E-state index in [-0.39, 0.29) is 5.69 Å². The molecule has 1 heterocycles. The molecule has 0 radical (unpaired) electrons. The Morgan fingerprint density at radius 3 is 2.79 bits per heavy atom. The van der Waals surface area contributed by atoms with Gasteiger partial charge in [0.25, 0.3) is 5.69 Å². The Bertz CT molecular complexity index is 953. The van der Waals surface area contributed by atoms with E-state index < -0.39 is 11.0 Å². The van der Waals surface area contributed by atoms with Crippen LogP contribution in [0.4, 0.5) is 5.69 Å². The molecular formula is C20H22N4O3S. The second kappa shape index (κ2) is 9.29. The average Bonchev–Trinajstić information content (AvgIpc) is 3.14. The van der Waals surface area contributed by atoms with E-state index in [0.717, 1.165) is 20.5 Å². The molecule has 3 rings (SSSR count). The molecule has 3 N–H and O–H groups in total. The van der Waals surface area contributed by atoms with Crippen LogP contribution in [0.25, 0.3) is 10.1 Å². The molecule has 7 nitrogen and oxygen atoms in total. The van der Waals surface area contributed by atoms with Crippen LogP contribution in [0, 0.1) is 10.1 Å². The number of aliphatic hydroxyl groups is 1. The maximum Gasteiger partial charge on any atom is 0.269 e. The first-order valence-electron chi connectivity index (χ1n) is 8.99. The third kappa shape index (κ3) is 5.05. The second-order valence-electron chi connectivity index (χ2n) is 6.21. The van der Waals surface area contributed by atoms with E-state index >= 15 is 0 Å². The van der Waals surface area contributed by atoms with Gasteiger partial charge in [0, 0.05) is 34.8 Å². The molecule has 0 spiro atoms. The fraction of sp³-hybridized carbons (Fsp3) is 0.250. The van der Waals surface area contributed by atoms with Crippen LogP contribution in [-0.4, -0.2) is 29.1 Å². The summed E-state index contributed by atoms with van der Waals surface area (Å²) < 4.78 is 1.14. The van der Waals surface area contributed by atoms with Crippen molar-refractivity contribution in [2.45, 2.75) is 19.6 Å². The summed E-state index contributed by atoms with van der Waals surface area (Å²) in [6, 6.07) is 16.4. The lowest BCUT2D eigenvalue weighted by Crippen LogP contribution is -2.39. The van der Waals surface area contributed by atoms with Gasteiger partial charge in [0.2, 0.25) is 0 Å². The first-order chi connectivity index (χ1) is 13.6. The zero-order valence-electron chi connectivity index (χ0n) is 15.5. The van der Waals surface area contributed by atoms with Gasteiger partial charge in [-0.1, -0.05) is 30.3 Å². The molecule has 1 unspecified atom stereocenters. The number of rotatable bonds is 7. The SMILES string of the molecule is CCNC(=NCc1cccc([N+](=O)[O-])c1)NCC(O)c1cc2ccccc2s1. The van der Waals surface area contributed by atoms with Gasteiger partial charge in [-0.25, -0.2) is 4.99 Å². The number of thiophene rings is 1. The minimum absolute atomic E-state index is 0.0471. The van der Waals surface area contributed by atoms with Crippen LogP contribution in [0.5, 0.6) is 0 Å². The van der Waals surface area contributed by atoms with Crippen molar-refractivity contribution in [3.05, 3.63) is 75.2 Å². The third-order valence-corrected chi connectivity index (χ3v) is 5.34. The van der Waals surface area contributed by atoms with Gasteiger partial charge in [-0.3, -0.25) is 10.1 Å². The molecule has 8 heteroatoms. The summed E-state index contributed by atoms with van der Waals surface area (Å²) in [6.07, 6.45) is -0.654. The molecule has 28 heavy (non-hydrogen) atoms. The van der Waals surface area contributed by atoms with Crippen molar-refractivity contribution in [1.82, 2.24) is 10.6 Å². The summed E-state index contributed by atoms with van der Waals surface area (Å²) in [7, 11) is 0. The molecular weight excluding hydrogens is 376 g/mol. The fourth-order valence-electron chi connectivity index (χ4n) is 2.74. The van der Waals surface area contributed by atoms with Crippen LogP contribution in [0.15, 0.2) is 59.6 Å². The number of aliphatic imine (C=N–C) groups is 1. The number of nitro benzene ring substituents is 1. The number of benzene rings is 2. The number of hydrogen-bond acceptors (Lipinski definition) is 5. The van der Waals surface area contributed by atoms with Gasteiger partial charge in [-0.05, 0) is 30.0 Å². The highest BCUT2D eigenvalue weighted by Gasteiger charge is 2.12. The van der Waals surface area contributed by atoms with Crippen LogP contribution in [0.3, 0.4) is 0 Å². The number of fused-ring (bicyclic) bond motifs is 1. The highest BCUT2D eigenvalue weighted by molar-refractivity contribution is 7.19. The van der Waals surface area contributed by atoms with Gasteiger partial charge in [-0.15, -0.1) is 11.3 Å². The Labute approximate surface area is 166 Å². The molecule has 2 aromatic carbocycles. The molecule has 0 saturated heterocycles. The zero-order chi connectivity index (χ0) is 19.9. The van der Waals surface area contributed by atoms with Gasteiger partial charge >= 0.3 is 0 Å². The molecule has 146 valence electrons. The van der Waals surface area contributed by atoms with Crippen molar-refractivity contribution in [3.63, 3.8) is 0 Å². The number of guanidine groups is 1. The molecule has 3 aromatic rings. The lowest BCUT2D eigenvalue weighted by Gasteiger charge is -2.14. The van der Waals surface area contributed by atoms with E-state index in [4.69, 9.17) is 0 Å². The Morgan fingerprint density at radius 1 is 1.21 bits per heavy atom. The quantitative estimate of drug-likeness (QED) is 0.244. The van der Waals surface area contributed by atoms with E-state index in [0.29, 0.717) is 25.6 Å².